The van der Waals surface area contributed by atoms with Crippen LogP contribution in [0.3, 0.4) is 0 Å². The number of sulfonamides is 1. The van der Waals surface area contributed by atoms with Gasteiger partial charge in [-0.15, -0.1) is 11.3 Å². The fraction of sp³-hybridized carbons (Fsp3) is 0.267. The van der Waals surface area contributed by atoms with Gasteiger partial charge in [0.1, 0.15) is 9.90 Å². The number of methoxy groups -OCH3 is 1. The van der Waals surface area contributed by atoms with Crippen molar-refractivity contribution in [3.63, 3.8) is 0 Å². The topological polar surface area (TPSA) is 84.5 Å². The van der Waals surface area contributed by atoms with Gasteiger partial charge in [0.15, 0.2) is 0 Å². The number of halogens is 1. The van der Waals surface area contributed by atoms with Crippen LogP contribution in [0.5, 0.6) is 0 Å². The number of esters is 1. The fourth-order valence-electron chi connectivity index (χ4n) is 2.56. The second kappa shape index (κ2) is 6.83. The molecule has 0 bridgehead atoms. The Morgan fingerprint density at radius 2 is 2.12 bits per heavy atom. The molecule has 0 amide bonds. The van der Waals surface area contributed by atoms with E-state index in [9.17, 15) is 13.2 Å². The van der Waals surface area contributed by atoms with E-state index in [1.807, 2.05) is 0 Å². The lowest BCUT2D eigenvalue weighted by Gasteiger charge is -2.13. The number of hydrogen-bond acceptors (Lipinski definition) is 6. The molecule has 2 heterocycles. The molecule has 1 aromatic heterocycles. The molecule has 128 valence electrons. The average Bonchev–Trinajstić information content (AvgIpc) is 2.91. The van der Waals surface area contributed by atoms with Crippen molar-refractivity contribution < 1.29 is 17.9 Å². The molecule has 0 fully saturated rings. The highest BCUT2D eigenvalue weighted by Gasteiger charge is 2.29. The third kappa shape index (κ3) is 3.21. The number of thiophene rings is 1. The number of rotatable bonds is 4. The Balaban J connectivity index is 2.05. The van der Waals surface area contributed by atoms with Gasteiger partial charge >= 0.3 is 5.97 Å². The van der Waals surface area contributed by atoms with E-state index in [0.29, 0.717) is 28.0 Å². The number of nitrogens with one attached hydrogen (secondary N) is 2. The predicted octanol–water partition coefficient (Wildman–Crippen LogP) is 2.74. The van der Waals surface area contributed by atoms with Gasteiger partial charge in [0.05, 0.1) is 12.7 Å². The van der Waals surface area contributed by atoms with E-state index in [0.717, 1.165) is 17.0 Å². The monoisotopic (exact) mass is 430 g/mol. The maximum Gasteiger partial charge on any atom is 0.341 e. The Kier molecular flexibility index (Phi) is 4.95. The first-order valence-electron chi connectivity index (χ1n) is 7.15. The molecule has 0 saturated carbocycles. The fourth-order valence-corrected chi connectivity index (χ4v) is 6.08. The molecule has 1 aromatic carbocycles. The maximum absolute atomic E-state index is 12.7. The van der Waals surface area contributed by atoms with Crippen LogP contribution in [0.1, 0.15) is 20.8 Å². The number of carbonyl (C=O) groups is 1. The first-order chi connectivity index (χ1) is 11.4. The summed E-state index contributed by atoms with van der Waals surface area (Å²) in [6.45, 7) is 1.35. The molecule has 24 heavy (non-hydrogen) atoms. The van der Waals surface area contributed by atoms with Gasteiger partial charge in [-0.05, 0) is 46.6 Å². The number of carbonyl (C=O) groups excluding carboxylic acids is 1. The second-order valence-electron chi connectivity index (χ2n) is 5.16. The Hall–Kier alpha value is -1.42. The SMILES string of the molecule is COC(=O)c1c(NS(=O)(=O)c2ccccc2Br)sc2c1CCNC2. The summed E-state index contributed by atoms with van der Waals surface area (Å²) in [4.78, 5) is 13.2. The zero-order valence-corrected chi connectivity index (χ0v) is 16.0. The minimum Gasteiger partial charge on any atom is -0.465 e. The van der Waals surface area contributed by atoms with E-state index < -0.39 is 16.0 Å². The van der Waals surface area contributed by atoms with E-state index in [1.165, 1.54) is 24.5 Å². The largest absolute Gasteiger partial charge is 0.465 e. The van der Waals surface area contributed by atoms with Gasteiger partial charge in [0, 0.05) is 15.9 Å². The van der Waals surface area contributed by atoms with E-state index >= 15 is 0 Å². The molecule has 6 nitrogen and oxygen atoms in total. The molecule has 0 unspecified atom stereocenters. The van der Waals surface area contributed by atoms with Gasteiger partial charge in [0.25, 0.3) is 10.0 Å². The first kappa shape index (κ1) is 17.4. The van der Waals surface area contributed by atoms with Gasteiger partial charge in [-0.25, -0.2) is 13.2 Å². The molecule has 0 aliphatic carbocycles. The van der Waals surface area contributed by atoms with E-state index in [2.05, 4.69) is 26.0 Å². The summed E-state index contributed by atoms with van der Waals surface area (Å²) < 4.78 is 33.2. The second-order valence-corrected chi connectivity index (χ2v) is 8.77. The number of benzene rings is 1. The highest BCUT2D eigenvalue weighted by molar-refractivity contribution is 9.10. The lowest BCUT2D eigenvalue weighted by Crippen LogP contribution is -2.23. The van der Waals surface area contributed by atoms with Crippen molar-refractivity contribution in [1.29, 1.82) is 0 Å². The lowest BCUT2D eigenvalue weighted by atomic mass is 10.0. The molecule has 0 spiro atoms. The van der Waals surface area contributed by atoms with Crippen LogP contribution < -0.4 is 10.0 Å². The summed E-state index contributed by atoms with van der Waals surface area (Å²) >= 11 is 4.51. The number of ether oxygens (including phenoxy) is 1. The van der Waals surface area contributed by atoms with Gasteiger partial charge in [-0.3, -0.25) is 4.72 Å². The van der Waals surface area contributed by atoms with Crippen molar-refractivity contribution in [1.82, 2.24) is 5.32 Å². The quantitative estimate of drug-likeness (QED) is 0.728. The average molecular weight is 431 g/mol. The smallest absolute Gasteiger partial charge is 0.341 e. The van der Waals surface area contributed by atoms with Gasteiger partial charge in [0.2, 0.25) is 0 Å². The van der Waals surface area contributed by atoms with Gasteiger partial charge in [-0.2, -0.15) is 0 Å². The van der Waals surface area contributed by atoms with Crippen LogP contribution in [0.2, 0.25) is 0 Å². The molecule has 9 heteroatoms. The lowest BCUT2D eigenvalue weighted by molar-refractivity contribution is 0.0601. The summed E-state index contributed by atoms with van der Waals surface area (Å²) in [5.74, 6) is -0.528. The predicted molar refractivity (Wildman–Crippen MR) is 96.0 cm³/mol. The third-order valence-corrected chi connectivity index (χ3v) is 7.31. The Morgan fingerprint density at radius 1 is 1.38 bits per heavy atom. The van der Waals surface area contributed by atoms with Crippen LogP contribution in [0.25, 0.3) is 0 Å². The summed E-state index contributed by atoms with van der Waals surface area (Å²) in [6, 6.07) is 6.53. The van der Waals surface area contributed by atoms with Gasteiger partial charge in [-0.1, -0.05) is 12.1 Å². The molecule has 0 radical (unpaired) electrons. The van der Waals surface area contributed by atoms with Crippen molar-refractivity contribution in [2.45, 2.75) is 17.9 Å². The maximum atomic E-state index is 12.7. The standard InChI is InChI=1S/C15H15BrN2O4S2/c1-22-15(19)13-9-6-7-17-8-11(9)23-14(13)18-24(20,21)12-5-3-2-4-10(12)16/h2-5,17-18H,6-8H2,1H3. The molecule has 0 saturated heterocycles. The normalized spacial score (nSPS) is 14.1. The zero-order chi connectivity index (χ0) is 17.3. The molecule has 1 aliphatic heterocycles. The molecular weight excluding hydrogens is 416 g/mol. The molecular formula is C15H15BrN2O4S2. The summed E-state index contributed by atoms with van der Waals surface area (Å²) in [5.41, 5.74) is 1.17. The molecule has 0 atom stereocenters. The van der Waals surface area contributed by atoms with Crippen molar-refractivity contribution in [2.75, 3.05) is 18.4 Å². The Bertz CT molecular complexity index is 893. The minimum atomic E-state index is -3.82. The summed E-state index contributed by atoms with van der Waals surface area (Å²) in [5, 5.41) is 3.51. The Labute approximate surface area is 152 Å². The van der Waals surface area contributed by atoms with Gasteiger partial charge < -0.3 is 10.1 Å². The van der Waals surface area contributed by atoms with Crippen molar-refractivity contribution in [3.8, 4) is 0 Å². The van der Waals surface area contributed by atoms with E-state index in [-0.39, 0.29) is 4.90 Å². The van der Waals surface area contributed by atoms with Crippen LogP contribution in [-0.4, -0.2) is 28.0 Å². The summed E-state index contributed by atoms with van der Waals surface area (Å²) in [7, 11) is -2.53. The van der Waals surface area contributed by atoms with Crippen molar-refractivity contribution in [2.24, 2.45) is 0 Å². The van der Waals surface area contributed by atoms with Crippen LogP contribution in [0, 0.1) is 0 Å². The van der Waals surface area contributed by atoms with Crippen molar-refractivity contribution in [3.05, 3.63) is 44.7 Å². The van der Waals surface area contributed by atoms with Crippen molar-refractivity contribution >= 4 is 48.3 Å². The highest BCUT2D eigenvalue weighted by atomic mass is 79.9. The van der Waals surface area contributed by atoms with E-state index in [4.69, 9.17) is 4.74 Å². The minimum absolute atomic E-state index is 0.116. The molecule has 2 N–H and O–H groups in total. The molecule has 1 aliphatic rings. The van der Waals surface area contributed by atoms with Crippen LogP contribution >= 0.6 is 27.3 Å². The van der Waals surface area contributed by atoms with Crippen LogP contribution in [0.4, 0.5) is 5.00 Å². The number of fused-ring (bicyclic) bond motifs is 1. The Morgan fingerprint density at radius 3 is 2.83 bits per heavy atom. The zero-order valence-electron chi connectivity index (χ0n) is 12.8. The highest BCUT2D eigenvalue weighted by Crippen LogP contribution is 2.37. The first-order valence-corrected chi connectivity index (χ1v) is 10.2. The third-order valence-electron chi connectivity index (χ3n) is 3.67. The summed E-state index contributed by atoms with van der Waals surface area (Å²) in [6.07, 6.45) is 0.660. The molecule has 2 aromatic rings. The van der Waals surface area contributed by atoms with E-state index in [1.54, 1.807) is 18.2 Å². The molecule has 3 rings (SSSR count). The number of hydrogen-bond donors (Lipinski definition) is 2. The van der Waals surface area contributed by atoms with Crippen LogP contribution in [0.15, 0.2) is 33.6 Å². The van der Waals surface area contributed by atoms with Crippen LogP contribution in [-0.2, 0) is 27.7 Å². The number of anilines is 1.